The fraction of sp³-hybridized carbons (Fsp3) is 0.0364. The number of hydrogen-bond acceptors (Lipinski definition) is 7. The molecule has 0 amide bonds. The summed E-state index contributed by atoms with van der Waals surface area (Å²) in [7, 11) is 0. The van der Waals surface area contributed by atoms with Crippen LogP contribution in [0.4, 0.5) is 0 Å². The van der Waals surface area contributed by atoms with Crippen LogP contribution < -0.4 is 0 Å². The van der Waals surface area contributed by atoms with Crippen LogP contribution in [-0.2, 0) is 0 Å². The standard InChI is InChI=1S/C55H38N8/c1-35-56-36(2)58-53(57-35)42-27-29-44-43-25-15-16-26-50(43)63(52(44)32-42)51-30-28-41(54-59-46(37-17-7-3-8-18-37)33-47(60-54)38-19-9-4-10-20-38)31-45(51)55-61-48(39-21-11-5-12-22-39)34-49(62-55)40-23-13-6-14-24-40/h3-34H,1-2H3. The number of aromatic nitrogens is 8. The van der Waals surface area contributed by atoms with Gasteiger partial charge in [-0.2, -0.15) is 0 Å². The number of nitrogens with zero attached hydrogens (tertiary/aromatic N) is 8. The van der Waals surface area contributed by atoms with Crippen molar-refractivity contribution in [3.8, 4) is 84.9 Å². The predicted molar refractivity (Wildman–Crippen MR) is 253 cm³/mol. The number of rotatable bonds is 8. The fourth-order valence-electron chi connectivity index (χ4n) is 8.33. The Morgan fingerprint density at radius 1 is 0.302 bits per heavy atom. The van der Waals surface area contributed by atoms with E-state index in [9.17, 15) is 0 Å². The van der Waals surface area contributed by atoms with Gasteiger partial charge in [0.15, 0.2) is 17.5 Å². The van der Waals surface area contributed by atoms with E-state index in [0.717, 1.165) is 89.2 Å². The smallest absolute Gasteiger partial charge is 0.163 e. The molecule has 298 valence electrons. The zero-order chi connectivity index (χ0) is 42.3. The molecule has 0 spiro atoms. The van der Waals surface area contributed by atoms with Crippen LogP contribution >= 0.6 is 0 Å². The Kier molecular flexibility index (Phi) is 9.43. The van der Waals surface area contributed by atoms with Crippen molar-refractivity contribution in [3.63, 3.8) is 0 Å². The number of aryl methyl sites for hydroxylation is 2. The highest BCUT2D eigenvalue weighted by Crippen LogP contribution is 2.40. The van der Waals surface area contributed by atoms with E-state index in [1.807, 2.05) is 86.6 Å². The van der Waals surface area contributed by atoms with Gasteiger partial charge in [-0.15, -0.1) is 0 Å². The minimum absolute atomic E-state index is 0.570. The first-order valence-electron chi connectivity index (χ1n) is 20.9. The summed E-state index contributed by atoms with van der Waals surface area (Å²) in [6.07, 6.45) is 0. The van der Waals surface area contributed by atoms with Crippen molar-refractivity contribution in [3.05, 3.63) is 206 Å². The first-order valence-corrected chi connectivity index (χ1v) is 20.9. The Bertz CT molecular complexity index is 3320. The van der Waals surface area contributed by atoms with E-state index in [2.05, 4.69) is 131 Å². The van der Waals surface area contributed by atoms with Crippen molar-refractivity contribution in [1.82, 2.24) is 39.5 Å². The summed E-state index contributed by atoms with van der Waals surface area (Å²) in [4.78, 5) is 35.2. The van der Waals surface area contributed by atoms with Crippen molar-refractivity contribution < 1.29 is 0 Å². The molecule has 0 saturated heterocycles. The van der Waals surface area contributed by atoms with Crippen LogP contribution in [0.25, 0.3) is 107 Å². The second kappa shape index (κ2) is 15.8. The molecular formula is C55H38N8. The van der Waals surface area contributed by atoms with Crippen molar-refractivity contribution in [1.29, 1.82) is 0 Å². The Labute approximate surface area is 364 Å². The summed E-state index contributed by atoms with van der Waals surface area (Å²) in [5.41, 5.74) is 12.8. The molecule has 0 aliphatic heterocycles. The molecule has 11 aromatic rings. The molecule has 0 unspecified atom stereocenters. The summed E-state index contributed by atoms with van der Waals surface area (Å²) in [6, 6.07) is 66.6. The van der Waals surface area contributed by atoms with Gasteiger partial charge in [0.1, 0.15) is 11.6 Å². The van der Waals surface area contributed by atoms with Gasteiger partial charge in [-0.05, 0) is 56.3 Å². The molecule has 4 heterocycles. The van der Waals surface area contributed by atoms with Gasteiger partial charge in [0, 0.05) is 49.7 Å². The largest absolute Gasteiger partial charge is 0.308 e. The minimum Gasteiger partial charge on any atom is -0.308 e. The molecule has 0 bridgehead atoms. The maximum absolute atomic E-state index is 5.39. The molecule has 0 fully saturated rings. The minimum atomic E-state index is 0.570. The average Bonchev–Trinajstić information content (AvgIpc) is 3.68. The lowest BCUT2D eigenvalue weighted by Gasteiger charge is -2.17. The number of para-hydroxylation sites is 1. The highest BCUT2D eigenvalue weighted by atomic mass is 15.0. The molecule has 0 atom stereocenters. The first-order chi connectivity index (χ1) is 31.0. The Hall–Kier alpha value is -8.49. The Morgan fingerprint density at radius 2 is 0.714 bits per heavy atom. The van der Waals surface area contributed by atoms with Gasteiger partial charge in [0.25, 0.3) is 0 Å². The third kappa shape index (κ3) is 7.19. The zero-order valence-electron chi connectivity index (χ0n) is 34.6. The number of hydrogen-bond donors (Lipinski definition) is 0. The summed E-state index contributed by atoms with van der Waals surface area (Å²) in [5.74, 6) is 3.14. The van der Waals surface area contributed by atoms with Crippen LogP contribution in [0.15, 0.2) is 194 Å². The van der Waals surface area contributed by atoms with Crippen molar-refractivity contribution >= 4 is 21.8 Å². The predicted octanol–water partition coefficient (Wildman–Crippen LogP) is 12.8. The normalized spacial score (nSPS) is 11.3. The van der Waals surface area contributed by atoms with Crippen LogP contribution in [0.2, 0.25) is 0 Å². The van der Waals surface area contributed by atoms with Crippen LogP contribution in [0.1, 0.15) is 11.6 Å². The molecule has 0 saturated carbocycles. The maximum Gasteiger partial charge on any atom is 0.163 e. The van der Waals surface area contributed by atoms with E-state index in [0.29, 0.717) is 29.1 Å². The molecule has 7 aromatic carbocycles. The van der Waals surface area contributed by atoms with E-state index in [1.165, 1.54) is 0 Å². The monoisotopic (exact) mass is 810 g/mol. The lowest BCUT2D eigenvalue weighted by atomic mass is 10.0. The molecule has 4 aromatic heterocycles. The van der Waals surface area contributed by atoms with Gasteiger partial charge in [-0.25, -0.2) is 34.9 Å². The number of fused-ring (bicyclic) bond motifs is 3. The summed E-state index contributed by atoms with van der Waals surface area (Å²) in [6.45, 7) is 3.80. The molecule has 63 heavy (non-hydrogen) atoms. The van der Waals surface area contributed by atoms with Crippen LogP contribution in [0.3, 0.4) is 0 Å². The molecule has 8 heteroatoms. The van der Waals surface area contributed by atoms with Crippen LogP contribution in [0, 0.1) is 13.8 Å². The highest BCUT2D eigenvalue weighted by molar-refractivity contribution is 6.10. The van der Waals surface area contributed by atoms with Crippen molar-refractivity contribution in [2.45, 2.75) is 13.8 Å². The van der Waals surface area contributed by atoms with Gasteiger partial charge < -0.3 is 4.57 Å². The van der Waals surface area contributed by atoms with Crippen LogP contribution in [-0.4, -0.2) is 39.5 Å². The second-order valence-corrected chi connectivity index (χ2v) is 15.5. The third-order valence-electron chi connectivity index (χ3n) is 11.3. The van der Waals surface area contributed by atoms with Gasteiger partial charge in [-0.1, -0.05) is 152 Å². The van der Waals surface area contributed by atoms with Crippen LogP contribution in [0.5, 0.6) is 0 Å². The Balaban J connectivity index is 1.21. The lowest BCUT2D eigenvalue weighted by molar-refractivity contribution is 0.928. The summed E-state index contributed by atoms with van der Waals surface area (Å²) >= 11 is 0. The highest BCUT2D eigenvalue weighted by Gasteiger charge is 2.22. The first kappa shape index (κ1) is 37.5. The topological polar surface area (TPSA) is 95.2 Å². The molecule has 0 N–H and O–H groups in total. The molecule has 11 rings (SSSR count). The van der Waals surface area contributed by atoms with Gasteiger partial charge in [0.05, 0.1) is 39.5 Å². The molecule has 0 aliphatic carbocycles. The lowest BCUT2D eigenvalue weighted by Crippen LogP contribution is -2.03. The fourth-order valence-corrected chi connectivity index (χ4v) is 8.33. The zero-order valence-corrected chi connectivity index (χ0v) is 34.6. The third-order valence-corrected chi connectivity index (χ3v) is 11.3. The SMILES string of the molecule is Cc1nc(C)nc(-c2ccc3c4ccccc4n(-c4ccc(-c5nc(-c6ccccc6)cc(-c6ccccc6)n5)cc4-c4nc(-c5ccccc5)cc(-c5ccccc5)n4)c3c2)n1. The van der Waals surface area contributed by atoms with E-state index >= 15 is 0 Å². The van der Waals surface area contributed by atoms with E-state index in [4.69, 9.17) is 29.9 Å². The quantitative estimate of drug-likeness (QED) is 0.151. The summed E-state index contributed by atoms with van der Waals surface area (Å²) in [5, 5.41) is 2.22. The van der Waals surface area contributed by atoms with Crippen molar-refractivity contribution in [2.24, 2.45) is 0 Å². The molecule has 0 aliphatic rings. The van der Waals surface area contributed by atoms with Gasteiger partial charge in [0.2, 0.25) is 0 Å². The Morgan fingerprint density at radius 3 is 1.24 bits per heavy atom. The maximum atomic E-state index is 5.39. The average molecular weight is 811 g/mol. The van der Waals surface area contributed by atoms with Gasteiger partial charge >= 0.3 is 0 Å². The van der Waals surface area contributed by atoms with E-state index < -0.39 is 0 Å². The second-order valence-electron chi connectivity index (χ2n) is 15.5. The van der Waals surface area contributed by atoms with Crippen molar-refractivity contribution in [2.75, 3.05) is 0 Å². The van der Waals surface area contributed by atoms with E-state index in [1.54, 1.807) is 0 Å². The van der Waals surface area contributed by atoms with E-state index in [-0.39, 0.29) is 0 Å². The molecular weight excluding hydrogens is 773 g/mol. The summed E-state index contributed by atoms with van der Waals surface area (Å²) < 4.78 is 2.31. The van der Waals surface area contributed by atoms with Gasteiger partial charge in [-0.3, -0.25) is 0 Å². The number of benzene rings is 7. The molecule has 8 nitrogen and oxygen atoms in total. The molecule has 0 radical (unpaired) electrons.